The number of methoxy groups -OCH3 is 1. The highest BCUT2D eigenvalue weighted by Crippen LogP contribution is 2.25. The number of amides is 1. The molecule has 0 aliphatic heterocycles. The van der Waals surface area contributed by atoms with E-state index in [0.717, 1.165) is 15.2 Å². The molecule has 1 heterocycles. The van der Waals surface area contributed by atoms with E-state index < -0.39 is 5.97 Å². The Labute approximate surface area is 148 Å². The Morgan fingerprint density at radius 1 is 1.20 bits per heavy atom. The molecule has 25 heavy (non-hydrogen) atoms. The van der Waals surface area contributed by atoms with Gasteiger partial charge in [0, 0.05) is 11.3 Å². The number of anilines is 1. The van der Waals surface area contributed by atoms with E-state index in [4.69, 9.17) is 4.74 Å². The lowest BCUT2D eigenvalue weighted by molar-refractivity contribution is -0.142. The maximum atomic E-state index is 12.4. The summed E-state index contributed by atoms with van der Waals surface area (Å²) in [5.41, 5.74) is 2.05. The zero-order chi connectivity index (χ0) is 17.8. The Kier molecular flexibility index (Phi) is 4.95. The van der Waals surface area contributed by atoms with Crippen molar-refractivity contribution in [2.45, 2.75) is 6.92 Å². The molecule has 0 saturated heterocycles. The molecule has 0 aliphatic rings. The average Bonchev–Trinajstić information content (AvgIpc) is 2.99. The van der Waals surface area contributed by atoms with Crippen molar-refractivity contribution < 1.29 is 19.1 Å². The summed E-state index contributed by atoms with van der Waals surface area (Å²) < 4.78 is 10.8. The van der Waals surface area contributed by atoms with E-state index in [0.29, 0.717) is 17.0 Å². The molecule has 0 atom stereocenters. The van der Waals surface area contributed by atoms with E-state index in [-0.39, 0.29) is 12.5 Å². The van der Waals surface area contributed by atoms with Crippen LogP contribution in [0.25, 0.3) is 10.2 Å². The lowest BCUT2D eigenvalue weighted by atomic mass is 10.2. The second kappa shape index (κ2) is 7.31. The van der Waals surface area contributed by atoms with E-state index in [2.05, 4.69) is 15.0 Å². The Morgan fingerprint density at radius 2 is 2.04 bits per heavy atom. The van der Waals surface area contributed by atoms with Crippen LogP contribution < -0.4 is 10.1 Å². The molecule has 128 valence electrons. The van der Waals surface area contributed by atoms with Gasteiger partial charge in [-0.05, 0) is 43.3 Å². The largest absolute Gasteiger partial charge is 0.482 e. The van der Waals surface area contributed by atoms with E-state index in [1.807, 2.05) is 25.1 Å². The maximum Gasteiger partial charge on any atom is 0.343 e. The molecule has 2 aromatic carbocycles. The van der Waals surface area contributed by atoms with Crippen LogP contribution in [0.5, 0.6) is 5.75 Å². The zero-order valence-electron chi connectivity index (χ0n) is 13.7. The number of carbonyl (C=O) groups is 2. The SMILES string of the molecule is COC(=O)COc1cccc(C(=O)Nc2ccc3nc(C)sc3c2)c1. The van der Waals surface area contributed by atoms with Gasteiger partial charge in [0.15, 0.2) is 6.61 Å². The second-order valence-corrected chi connectivity index (χ2v) is 6.50. The van der Waals surface area contributed by atoms with Crippen LogP contribution in [-0.2, 0) is 9.53 Å². The standard InChI is InChI=1S/C18H16N2O4S/c1-11-19-15-7-6-13(9-16(15)25-11)20-18(22)12-4-3-5-14(8-12)24-10-17(21)23-2/h3-9H,10H2,1-2H3,(H,20,22). The molecule has 0 radical (unpaired) electrons. The van der Waals surface area contributed by atoms with Gasteiger partial charge in [-0.1, -0.05) is 6.07 Å². The number of hydrogen-bond donors (Lipinski definition) is 1. The summed E-state index contributed by atoms with van der Waals surface area (Å²) >= 11 is 1.58. The fourth-order valence-electron chi connectivity index (χ4n) is 2.25. The molecule has 3 aromatic rings. The first-order valence-electron chi connectivity index (χ1n) is 7.53. The van der Waals surface area contributed by atoms with Crippen molar-refractivity contribution in [1.29, 1.82) is 0 Å². The summed E-state index contributed by atoms with van der Waals surface area (Å²) in [5, 5.41) is 3.84. The summed E-state index contributed by atoms with van der Waals surface area (Å²) in [6.45, 7) is 1.74. The predicted octanol–water partition coefficient (Wildman–Crippen LogP) is 3.41. The molecule has 1 amide bonds. The van der Waals surface area contributed by atoms with Gasteiger partial charge in [-0.25, -0.2) is 9.78 Å². The Morgan fingerprint density at radius 3 is 2.84 bits per heavy atom. The molecule has 0 aliphatic carbocycles. The Bertz CT molecular complexity index is 936. The minimum Gasteiger partial charge on any atom is -0.482 e. The molecule has 0 bridgehead atoms. The third kappa shape index (κ3) is 4.13. The normalized spacial score (nSPS) is 10.5. The molecule has 0 saturated carbocycles. The number of hydrogen-bond acceptors (Lipinski definition) is 6. The van der Waals surface area contributed by atoms with Crippen molar-refractivity contribution in [3.63, 3.8) is 0 Å². The van der Waals surface area contributed by atoms with Crippen molar-refractivity contribution in [1.82, 2.24) is 4.98 Å². The fourth-order valence-corrected chi connectivity index (χ4v) is 3.12. The van der Waals surface area contributed by atoms with Gasteiger partial charge >= 0.3 is 5.97 Å². The highest BCUT2D eigenvalue weighted by Gasteiger charge is 2.10. The van der Waals surface area contributed by atoms with E-state index >= 15 is 0 Å². The number of thiazole rings is 1. The zero-order valence-corrected chi connectivity index (χ0v) is 14.6. The highest BCUT2D eigenvalue weighted by atomic mass is 32.1. The minimum atomic E-state index is -0.483. The van der Waals surface area contributed by atoms with Crippen molar-refractivity contribution >= 4 is 39.1 Å². The van der Waals surface area contributed by atoms with Crippen molar-refractivity contribution in [3.05, 3.63) is 53.0 Å². The minimum absolute atomic E-state index is 0.205. The summed E-state index contributed by atoms with van der Waals surface area (Å²) in [6.07, 6.45) is 0. The second-order valence-electron chi connectivity index (χ2n) is 5.26. The van der Waals surface area contributed by atoms with Gasteiger partial charge in [0.1, 0.15) is 5.75 Å². The molecule has 6 nitrogen and oxygen atoms in total. The number of aryl methyl sites for hydroxylation is 1. The number of rotatable bonds is 5. The number of carbonyl (C=O) groups excluding carboxylic acids is 2. The monoisotopic (exact) mass is 356 g/mol. The number of aromatic nitrogens is 1. The van der Waals surface area contributed by atoms with Crippen LogP contribution >= 0.6 is 11.3 Å². The van der Waals surface area contributed by atoms with Crippen LogP contribution in [0, 0.1) is 6.92 Å². The smallest absolute Gasteiger partial charge is 0.343 e. The Hall–Kier alpha value is -2.93. The molecule has 1 N–H and O–H groups in total. The molecule has 3 rings (SSSR count). The van der Waals surface area contributed by atoms with Gasteiger partial charge in [0.05, 0.1) is 22.3 Å². The first kappa shape index (κ1) is 16.9. The van der Waals surface area contributed by atoms with Crippen LogP contribution in [0.1, 0.15) is 15.4 Å². The van der Waals surface area contributed by atoms with Crippen molar-refractivity contribution in [2.75, 3.05) is 19.0 Å². The summed E-state index contributed by atoms with van der Waals surface area (Å²) in [5.74, 6) is -0.321. The third-order valence-electron chi connectivity index (χ3n) is 3.43. The molecule has 1 aromatic heterocycles. The topological polar surface area (TPSA) is 77.5 Å². The average molecular weight is 356 g/mol. The van der Waals surface area contributed by atoms with Gasteiger partial charge < -0.3 is 14.8 Å². The molecule has 0 fully saturated rings. The van der Waals surface area contributed by atoms with Crippen LogP contribution in [0.4, 0.5) is 5.69 Å². The van der Waals surface area contributed by atoms with Crippen LogP contribution in [0.15, 0.2) is 42.5 Å². The van der Waals surface area contributed by atoms with E-state index in [1.165, 1.54) is 7.11 Å². The fraction of sp³-hybridized carbons (Fsp3) is 0.167. The number of benzene rings is 2. The number of esters is 1. The van der Waals surface area contributed by atoms with Gasteiger partial charge in [0.2, 0.25) is 0 Å². The lowest BCUT2D eigenvalue weighted by Gasteiger charge is -2.08. The summed E-state index contributed by atoms with van der Waals surface area (Å²) in [4.78, 5) is 28.0. The number of fused-ring (bicyclic) bond motifs is 1. The lowest BCUT2D eigenvalue weighted by Crippen LogP contribution is -2.14. The number of nitrogens with one attached hydrogen (secondary N) is 1. The molecule has 0 unspecified atom stereocenters. The number of nitrogens with zero attached hydrogens (tertiary/aromatic N) is 1. The molecule has 0 spiro atoms. The first-order valence-corrected chi connectivity index (χ1v) is 8.35. The van der Waals surface area contributed by atoms with Crippen molar-refractivity contribution in [2.24, 2.45) is 0 Å². The Balaban J connectivity index is 1.72. The molecule has 7 heteroatoms. The maximum absolute atomic E-state index is 12.4. The van der Waals surface area contributed by atoms with Crippen LogP contribution in [0.3, 0.4) is 0 Å². The highest BCUT2D eigenvalue weighted by molar-refractivity contribution is 7.18. The van der Waals surface area contributed by atoms with Crippen molar-refractivity contribution in [3.8, 4) is 5.75 Å². The summed E-state index contributed by atoms with van der Waals surface area (Å²) in [7, 11) is 1.29. The van der Waals surface area contributed by atoms with Gasteiger partial charge in [-0.2, -0.15) is 0 Å². The van der Waals surface area contributed by atoms with Gasteiger partial charge in [-0.15, -0.1) is 11.3 Å². The van der Waals surface area contributed by atoms with Gasteiger partial charge in [0.25, 0.3) is 5.91 Å². The number of ether oxygens (including phenoxy) is 2. The first-order chi connectivity index (χ1) is 12.0. The van der Waals surface area contributed by atoms with E-state index in [1.54, 1.807) is 35.6 Å². The van der Waals surface area contributed by atoms with Crippen LogP contribution in [-0.4, -0.2) is 30.6 Å². The third-order valence-corrected chi connectivity index (χ3v) is 4.37. The van der Waals surface area contributed by atoms with E-state index in [9.17, 15) is 9.59 Å². The molecular formula is C18H16N2O4S. The summed E-state index contributed by atoms with van der Waals surface area (Å²) in [6, 6.07) is 12.2. The van der Waals surface area contributed by atoms with Gasteiger partial charge in [-0.3, -0.25) is 4.79 Å². The molecular weight excluding hydrogens is 340 g/mol. The quantitative estimate of drug-likeness (QED) is 0.709. The predicted molar refractivity (Wildman–Crippen MR) is 96.3 cm³/mol. The van der Waals surface area contributed by atoms with Crippen LogP contribution in [0.2, 0.25) is 0 Å².